The van der Waals surface area contributed by atoms with E-state index in [1.807, 2.05) is 12.1 Å². The molecule has 0 saturated heterocycles. The maximum Gasteiger partial charge on any atom is 0.115 e. The SMILES string of the molecule is NC(CCl)=Nc1cccc(Cl)c1-n1cccn1. The maximum atomic E-state index is 6.14. The Morgan fingerprint density at radius 3 is 2.88 bits per heavy atom. The number of benzene rings is 1. The first-order chi connectivity index (χ1) is 8.22. The second-order valence-corrected chi connectivity index (χ2v) is 3.97. The number of para-hydroxylation sites is 1. The van der Waals surface area contributed by atoms with Crippen molar-refractivity contribution in [2.24, 2.45) is 10.7 Å². The first-order valence-corrected chi connectivity index (χ1v) is 5.81. The molecule has 88 valence electrons. The number of nitrogens with zero attached hydrogens (tertiary/aromatic N) is 3. The second-order valence-electron chi connectivity index (χ2n) is 3.29. The number of aliphatic imine (C=N–C) groups is 1. The molecule has 0 amide bonds. The zero-order valence-corrected chi connectivity index (χ0v) is 10.4. The molecule has 2 rings (SSSR count). The van der Waals surface area contributed by atoms with Crippen LogP contribution in [0.15, 0.2) is 41.7 Å². The lowest BCUT2D eigenvalue weighted by Gasteiger charge is -2.08. The Bertz CT molecular complexity index is 534. The summed E-state index contributed by atoms with van der Waals surface area (Å²) in [6, 6.07) is 7.19. The van der Waals surface area contributed by atoms with Gasteiger partial charge in [0.25, 0.3) is 0 Å². The van der Waals surface area contributed by atoms with Gasteiger partial charge < -0.3 is 5.73 Å². The van der Waals surface area contributed by atoms with E-state index >= 15 is 0 Å². The molecule has 0 spiro atoms. The third kappa shape index (κ3) is 2.60. The van der Waals surface area contributed by atoms with Gasteiger partial charge in [0, 0.05) is 12.4 Å². The summed E-state index contributed by atoms with van der Waals surface area (Å²) in [6.45, 7) is 0. The van der Waals surface area contributed by atoms with Gasteiger partial charge in [-0.2, -0.15) is 5.10 Å². The first kappa shape index (κ1) is 12.0. The van der Waals surface area contributed by atoms with Gasteiger partial charge in [-0.1, -0.05) is 17.7 Å². The molecule has 4 nitrogen and oxygen atoms in total. The van der Waals surface area contributed by atoms with Crippen molar-refractivity contribution in [1.29, 1.82) is 0 Å². The van der Waals surface area contributed by atoms with Crippen molar-refractivity contribution in [3.63, 3.8) is 0 Å². The Kier molecular flexibility index (Phi) is 3.66. The molecule has 17 heavy (non-hydrogen) atoms. The number of alkyl halides is 1. The van der Waals surface area contributed by atoms with Crippen LogP contribution in [0.25, 0.3) is 5.69 Å². The van der Waals surface area contributed by atoms with Crippen molar-refractivity contribution in [3.05, 3.63) is 41.7 Å². The van der Waals surface area contributed by atoms with Crippen LogP contribution in [0, 0.1) is 0 Å². The summed E-state index contributed by atoms with van der Waals surface area (Å²) in [4.78, 5) is 4.21. The predicted octanol–water partition coefficient (Wildman–Crippen LogP) is 2.75. The molecule has 0 bridgehead atoms. The van der Waals surface area contributed by atoms with Crippen LogP contribution in [0.5, 0.6) is 0 Å². The average Bonchev–Trinajstić information content (AvgIpc) is 2.82. The summed E-state index contributed by atoms with van der Waals surface area (Å²) in [6.07, 6.45) is 3.46. The molecule has 2 N–H and O–H groups in total. The van der Waals surface area contributed by atoms with Gasteiger partial charge in [-0.05, 0) is 18.2 Å². The number of aromatic nitrogens is 2. The minimum absolute atomic E-state index is 0.172. The van der Waals surface area contributed by atoms with Gasteiger partial charge >= 0.3 is 0 Å². The number of halogens is 2. The van der Waals surface area contributed by atoms with Gasteiger partial charge in [-0.25, -0.2) is 9.67 Å². The third-order valence-electron chi connectivity index (χ3n) is 2.10. The number of hydrogen-bond acceptors (Lipinski definition) is 2. The van der Waals surface area contributed by atoms with Crippen LogP contribution < -0.4 is 5.73 Å². The molecule has 2 aromatic rings. The zero-order valence-electron chi connectivity index (χ0n) is 8.85. The van der Waals surface area contributed by atoms with E-state index in [2.05, 4.69) is 10.1 Å². The fourth-order valence-corrected chi connectivity index (χ4v) is 1.72. The predicted molar refractivity (Wildman–Crippen MR) is 70.6 cm³/mol. The lowest BCUT2D eigenvalue weighted by atomic mass is 10.2. The van der Waals surface area contributed by atoms with Gasteiger partial charge in [0.05, 0.1) is 16.6 Å². The van der Waals surface area contributed by atoms with Crippen molar-refractivity contribution in [2.75, 3.05) is 5.88 Å². The molecule has 0 aliphatic carbocycles. The van der Waals surface area contributed by atoms with Gasteiger partial charge in [0.2, 0.25) is 0 Å². The van der Waals surface area contributed by atoms with Crippen LogP contribution in [-0.2, 0) is 0 Å². The molecular weight excluding hydrogens is 259 g/mol. The molecular formula is C11H10Cl2N4. The minimum Gasteiger partial charge on any atom is -0.386 e. The molecule has 1 heterocycles. The zero-order chi connectivity index (χ0) is 12.3. The van der Waals surface area contributed by atoms with E-state index in [9.17, 15) is 0 Å². The summed E-state index contributed by atoms with van der Waals surface area (Å²) >= 11 is 11.8. The minimum atomic E-state index is 0.172. The average molecular weight is 269 g/mol. The van der Waals surface area contributed by atoms with E-state index < -0.39 is 0 Å². The van der Waals surface area contributed by atoms with Gasteiger partial charge in [0.1, 0.15) is 11.5 Å². The van der Waals surface area contributed by atoms with Crippen LogP contribution in [-0.4, -0.2) is 21.5 Å². The Hall–Kier alpha value is -1.52. The highest BCUT2D eigenvalue weighted by atomic mass is 35.5. The molecule has 0 aliphatic rings. The smallest absolute Gasteiger partial charge is 0.115 e. The molecule has 1 aromatic heterocycles. The Labute approximate surface area is 109 Å². The summed E-state index contributed by atoms with van der Waals surface area (Å²) in [5, 5.41) is 4.68. The van der Waals surface area contributed by atoms with Crippen molar-refractivity contribution in [2.45, 2.75) is 0 Å². The number of amidine groups is 1. The fourth-order valence-electron chi connectivity index (χ4n) is 1.41. The highest BCUT2D eigenvalue weighted by Crippen LogP contribution is 2.30. The summed E-state index contributed by atoms with van der Waals surface area (Å²) in [5.74, 6) is 0.507. The van der Waals surface area contributed by atoms with E-state index in [0.717, 1.165) is 0 Å². The fraction of sp³-hybridized carbons (Fsp3) is 0.0909. The maximum absolute atomic E-state index is 6.14. The van der Waals surface area contributed by atoms with Crippen molar-refractivity contribution < 1.29 is 0 Å². The topological polar surface area (TPSA) is 56.2 Å². The number of rotatable bonds is 3. The molecule has 0 aliphatic heterocycles. The van der Waals surface area contributed by atoms with Crippen molar-refractivity contribution >= 4 is 34.7 Å². The van der Waals surface area contributed by atoms with E-state index in [1.165, 1.54) is 0 Å². The molecule has 0 atom stereocenters. The van der Waals surface area contributed by atoms with E-state index in [1.54, 1.807) is 29.2 Å². The van der Waals surface area contributed by atoms with E-state index in [0.29, 0.717) is 22.2 Å². The van der Waals surface area contributed by atoms with E-state index in [4.69, 9.17) is 28.9 Å². The largest absolute Gasteiger partial charge is 0.386 e. The van der Waals surface area contributed by atoms with Gasteiger partial charge in [-0.3, -0.25) is 0 Å². The van der Waals surface area contributed by atoms with Gasteiger partial charge in [-0.15, -0.1) is 11.6 Å². The molecule has 1 aromatic carbocycles. The quantitative estimate of drug-likeness (QED) is 0.529. The molecule has 0 radical (unpaired) electrons. The van der Waals surface area contributed by atoms with Crippen LogP contribution in [0.4, 0.5) is 5.69 Å². The summed E-state index contributed by atoms with van der Waals surface area (Å²) in [5.41, 5.74) is 6.95. The van der Waals surface area contributed by atoms with Crippen LogP contribution >= 0.6 is 23.2 Å². The Balaban J connectivity index is 2.57. The Morgan fingerprint density at radius 1 is 1.41 bits per heavy atom. The summed E-state index contributed by atoms with van der Waals surface area (Å²) < 4.78 is 1.64. The lowest BCUT2D eigenvalue weighted by molar-refractivity contribution is 0.880. The van der Waals surface area contributed by atoms with Crippen molar-refractivity contribution in [1.82, 2.24) is 9.78 Å². The number of hydrogen-bond donors (Lipinski definition) is 1. The molecule has 6 heteroatoms. The first-order valence-electron chi connectivity index (χ1n) is 4.90. The van der Waals surface area contributed by atoms with Crippen LogP contribution in [0.2, 0.25) is 5.02 Å². The molecule has 0 saturated carbocycles. The molecule has 0 unspecified atom stereocenters. The lowest BCUT2D eigenvalue weighted by Crippen LogP contribution is -2.12. The monoisotopic (exact) mass is 268 g/mol. The number of nitrogens with two attached hydrogens (primary N) is 1. The van der Waals surface area contributed by atoms with Crippen LogP contribution in [0.1, 0.15) is 0 Å². The highest BCUT2D eigenvalue weighted by molar-refractivity contribution is 6.33. The van der Waals surface area contributed by atoms with Crippen molar-refractivity contribution in [3.8, 4) is 5.69 Å². The van der Waals surface area contributed by atoms with E-state index in [-0.39, 0.29) is 5.88 Å². The second kappa shape index (κ2) is 5.21. The van der Waals surface area contributed by atoms with Crippen LogP contribution in [0.3, 0.4) is 0 Å². The third-order valence-corrected chi connectivity index (χ3v) is 2.68. The molecule has 0 fully saturated rings. The summed E-state index contributed by atoms with van der Waals surface area (Å²) in [7, 11) is 0. The highest BCUT2D eigenvalue weighted by Gasteiger charge is 2.09. The normalized spacial score (nSPS) is 11.8. The van der Waals surface area contributed by atoms with Gasteiger partial charge in [0.15, 0.2) is 0 Å². The standard InChI is InChI=1S/C11H10Cl2N4/c12-7-10(14)16-9-4-1-3-8(13)11(9)17-6-2-5-15-17/h1-6H,7H2,(H2,14,16). The Morgan fingerprint density at radius 2 is 2.24 bits per heavy atom.